The monoisotopic (exact) mass is 188 g/mol. The molecule has 14 heavy (non-hydrogen) atoms. The molecule has 1 heteroatoms. The first kappa shape index (κ1) is 8.46. The van der Waals surface area contributed by atoms with Crippen LogP contribution in [0.1, 0.15) is 20.3 Å². The van der Waals surface area contributed by atoms with Crippen molar-refractivity contribution >= 4 is 5.78 Å². The van der Waals surface area contributed by atoms with Crippen LogP contribution < -0.4 is 0 Å². The van der Waals surface area contributed by atoms with Gasteiger partial charge in [-0.25, -0.2) is 0 Å². The Balaban J connectivity index is 2.14. The van der Waals surface area contributed by atoms with E-state index >= 15 is 0 Å². The summed E-state index contributed by atoms with van der Waals surface area (Å²) >= 11 is 0. The van der Waals surface area contributed by atoms with Gasteiger partial charge in [0, 0.05) is 11.8 Å². The molecule has 0 radical (unpaired) electrons. The summed E-state index contributed by atoms with van der Waals surface area (Å²) in [6.07, 6.45) is 10.1. The van der Waals surface area contributed by atoms with Gasteiger partial charge in [0.2, 0.25) is 0 Å². The molecule has 0 aromatic rings. The van der Waals surface area contributed by atoms with Gasteiger partial charge in [-0.15, -0.1) is 0 Å². The van der Waals surface area contributed by atoms with Gasteiger partial charge in [-0.1, -0.05) is 38.2 Å². The highest BCUT2D eigenvalue weighted by Gasteiger charge is 2.55. The van der Waals surface area contributed by atoms with Gasteiger partial charge in [0.15, 0.2) is 0 Å². The second-order valence-corrected chi connectivity index (χ2v) is 5.22. The summed E-state index contributed by atoms with van der Waals surface area (Å²) in [5.74, 6) is 2.07. The van der Waals surface area contributed by atoms with E-state index in [0.717, 1.165) is 0 Å². The lowest BCUT2D eigenvalue weighted by molar-refractivity contribution is -0.137. The summed E-state index contributed by atoms with van der Waals surface area (Å²) in [5, 5.41) is 0. The van der Waals surface area contributed by atoms with E-state index in [-0.39, 0.29) is 17.3 Å². The van der Waals surface area contributed by atoms with Crippen molar-refractivity contribution in [1.29, 1.82) is 0 Å². The first-order valence-electron chi connectivity index (χ1n) is 5.54. The fraction of sp³-hybridized carbons (Fsp3) is 0.615. The molecule has 1 saturated carbocycles. The maximum absolute atomic E-state index is 12.0. The van der Waals surface area contributed by atoms with E-state index in [1.54, 1.807) is 0 Å². The summed E-state index contributed by atoms with van der Waals surface area (Å²) in [5.41, 5.74) is 0.125. The zero-order valence-corrected chi connectivity index (χ0v) is 8.73. The maximum atomic E-state index is 12.0. The van der Waals surface area contributed by atoms with E-state index in [1.165, 1.54) is 6.42 Å². The van der Waals surface area contributed by atoms with Crippen LogP contribution in [-0.2, 0) is 4.79 Å². The van der Waals surface area contributed by atoms with Gasteiger partial charge in [0.25, 0.3) is 0 Å². The molecule has 0 spiro atoms. The molecular weight excluding hydrogens is 172 g/mol. The summed E-state index contributed by atoms with van der Waals surface area (Å²) in [4.78, 5) is 12.0. The van der Waals surface area contributed by atoms with Crippen molar-refractivity contribution in [2.24, 2.45) is 29.1 Å². The Morgan fingerprint density at radius 1 is 1.43 bits per heavy atom. The topological polar surface area (TPSA) is 17.1 Å². The van der Waals surface area contributed by atoms with Crippen molar-refractivity contribution in [2.75, 3.05) is 0 Å². The van der Waals surface area contributed by atoms with Gasteiger partial charge >= 0.3 is 0 Å². The van der Waals surface area contributed by atoms with Gasteiger partial charge in [-0.3, -0.25) is 4.79 Å². The second kappa shape index (κ2) is 2.39. The summed E-state index contributed by atoms with van der Waals surface area (Å²) in [6.45, 7) is 4.36. The molecule has 5 unspecified atom stereocenters. The lowest BCUT2D eigenvalue weighted by Crippen LogP contribution is -2.52. The summed E-state index contributed by atoms with van der Waals surface area (Å²) in [7, 11) is 0. The van der Waals surface area contributed by atoms with Crippen LogP contribution in [0.2, 0.25) is 0 Å². The molecule has 2 bridgehead atoms. The molecule has 5 atom stereocenters. The van der Waals surface area contributed by atoms with E-state index < -0.39 is 0 Å². The molecular formula is C13H16O. The molecule has 0 heterocycles. The van der Waals surface area contributed by atoms with E-state index in [0.29, 0.717) is 17.6 Å². The Kier molecular flexibility index (Phi) is 1.44. The average Bonchev–Trinajstić information content (AvgIpc) is 2.64. The molecule has 0 N–H and O–H groups in total. The Bertz CT molecular complexity index is 352. The third-order valence-electron chi connectivity index (χ3n) is 4.78. The molecule has 0 amide bonds. The fourth-order valence-electron chi connectivity index (χ4n) is 3.62. The lowest BCUT2D eigenvalue weighted by atomic mass is 9.51. The smallest absolute Gasteiger partial charge is 0.143 e. The van der Waals surface area contributed by atoms with Crippen molar-refractivity contribution in [3.63, 3.8) is 0 Å². The van der Waals surface area contributed by atoms with Crippen molar-refractivity contribution in [3.8, 4) is 0 Å². The predicted molar refractivity (Wildman–Crippen MR) is 55.6 cm³/mol. The van der Waals surface area contributed by atoms with Crippen LogP contribution >= 0.6 is 0 Å². The zero-order chi connectivity index (χ0) is 9.92. The molecule has 0 aromatic heterocycles. The van der Waals surface area contributed by atoms with Gasteiger partial charge in [0.05, 0.1) is 0 Å². The van der Waals surface area contributed by atoms with E-state index in [9.17, 15) is 4.79 Å². The third kappa shape index (κ3) is 0.749. The third-order valence-corrected chi connectivity index (χ3v) is 4.78. The summed E-state index contributed by atoms with van der Waals surface area (Å²) < 4.78 is 0. The van der Waals surface area contributed by atoms with Crippen LogP contribution in [0.3, 0.4) is 0 Å². The molecule has 0 aromatic carbocycles. The Hall–Kier alpha value is -0.850. The Morgan fingerprint density at radius 2 is 2.21 bits per heavy atom. The Morgan fingerprint density at radius 3 is 3.00 bits per heavy atom. The number of allylic oxidation sites excluding steroid dienone is 4. The van der Waals surface area contributed by atoms with Crippen molar-refractivity contribution in [2.45, 2.75) is 20.3 Å². The number of Topliss-reactive ketones (excluding diaryl/α,β-unsaturated/α-hetero) is 1. The highest BCUT2D eigenvalue weighted by atomic mass is 16.1. The number of rotatable bonds is 0. The minimum absolute atomic E-state index is 0.125. The van der Waals surface area contributed by atoms with E-state index in [4.69, 9.17) is 0 Å². The standard InChI is InChI=1S/C13H16O/c1-8-12(14)10-6-7-13(8,2)11-5-3-4-9(10)11/h3-4,6-11H,5H2,1-2H3. The SMILES string of the molecule is CC1C(=O)C2C=CC1(C)C1CC=CC21. The molecule has 4 aliphatic carbocycles. The van der Waals surface area contributed by atoms with E-state index in [2.05, 4.69) is 38.2 Å². The van der Waals surface area contributed by atoms with Gasteiger partial charge in [-0.05, 0) is 23.7 Å². The highest BCUT2D eigenvalue weighted by molar-refractivity contribution is 5.89. The molecule has 1 fully saturated rings. The maximum Gasteiger partial charge on any atom is 0.143 e. The number of hydrogen-bond donors (Lipinski definition) is 0. The average molecular weight is 188 g/mol. The molecule has 1 nitrogen and oxygen atoms in total. The molecule has 4 rings (SSSR count). The molecule has 4 aliphatic rings. The quantitative estimate of drug-likeness (QED) is 0.534. The second-order valence-electron chi connectivity index (χ2n) is 5.22. The van der Waals surface area contributed by atoms with Crippen LogP contribution in [0.5, 0.6) is 0 Å². The van der Waals surface area contributed by atoms with Crippen molar-refractivity contribution in [3.05, 3.63) is 24.3 Å². The summed E-state index contributed by atoms with van der Waals surface area (Å²) in [6, 6.07) is 0. The van der Waals surface area contributed by atoms with E-state index in [1.807, 2.05) is 0 Å². The van der Waals surface area contributed by atoms with Crippen LogP contribution in [0.25, 0.3) is 0 Å². The number of hydrogen-bond acceptors (Lipinski definition) is 1. The van der Waals surface area contributed by atoms with Crippen LogP contribution in [0.4, 0.5) is 0 Å². The normalized spacial score (nSPS) is 54.0. The number of fused-ring (bicyclic) bond motifs is 1. The largest absolute Gasteiger partial charge is 0.299 e. The minimum atomic E-state index is 0.125. The highest BCUT2D eigenvalue weighted by Crippen LogP contribution is 2.57. The molecule has 74 valence electrons. The van der Waals surface area contributed by atoms with Crippen molar-refractivity contribution < 1.29 is 4.79 Å². The molecule has 0 saturated heterocycles. The van der Waals surface area contributed by atoms with Gasteiger partial charge in [-0.2, -0.15) is 0 Å². The minimum Gasteiger partial charge on any atom is -0.299 e. The van der Waals surface area contributed by atoms with Crippen molar-refractivity contribution in [1.82, 2.24) is 0 Å². The number of ketones is 1. The Labute approximate surface area is 84.9 Å². The predicted octanol–water partition coefficient (Wildman–Crippen LogP) is 2.59. The van der Waals surface area contributed by atoms with Crippen LogP contribution in [-0.4, -0.2) is 5.78 Å². The zero-order valence-electron chi connectivity index (χ0n) is 8.73. The van der Waals surface area contributed by atoms with Gasteiger partial charge in [0.1, 0.15) is 5.78 Å². The van der Waals surface area contributed by atoms with Crippen LogP contribution in [0.15, 0.2) is 24.3 Å². The van der Waals surface area contributed by atoms with Gasteiger partial charge < -0.3 is 0 Å². The van der Waals surface area contributed by atoms with Crippen LogP contribution in [0, 0.1) is 29.1 Å². The molecule has 0 aliphatic heterocycles. The lowest BCUT2D eigenvalue weighted by Gasteiger charge is -2.51. The first-order valence-corrected chi connectivity index (χ1v) is 5.54. The first-order chi connectivity index (χ1) is 6.64. The number of carbonyl (C=O) groups is 1. The number of carbonyl (C=O) groups excluding carboxylic acids is 1. The fourth-order valence-corrected chi connectivity index (χ4v) is 3.62.